The lowest BCUT2D eigenvalue weighted by molar-refractivity contribution is -0.137. The van der Waals surface area contributed by atoms with E-state index in [1.807, 2.05) is 6.92 Å². The molecule has 106 heavy (non-hydrogen) atoms. The van der Waals surface area contributed by atoms with E-state index in [9.17, 15) is 30.0 Å². The first kappa shape index (κ1) is 83.8. The van der Waals surface area contributed by atoms with Crippen LogP contribution in [0.5, 0.6) is 0 Å². The van der Waals surface area contributed by atoms with Gasteiger partial charge in [-0.3, -0.25) is 0 Å². The van der Waals surface area contributed by atoms with Gasteiger partial charge in [-0.25, -0.2) is 16.8 Å². The summed E-state index contributed by atoms with van der Waals surface area (Å²) in [5.41, 5.74) is -1.29. The van der Waals surface area contributed by atoms with Gasteiger partial charge < -0.3 is 4.74 Å². The number of piperidine rings is 1. The van der Waals surface area contributed by atoms with Gasteiger partial charge in [-0.1, -0.05) is 12.0 Å². The van der Waals surface area contributed by atoms with Crippen LogP contribution in [0.3, 0.4) is 0 Å². The van der Waals surface area contributed by atoms with E-state index in [4.69, 9.17) is 11.2 Å². The van der Waals surface area contributed by atoms with Gasteiger partial charge in [0, 0.05) is 349 Å². The van der Waals surface area contributed by atoms with Gasteiger partial charge >= 0.3 is 6.18 Å². The van der Waals surface area contributed by atoms with E-state index in [1.54, 1.807) is 19.1 Å². The van der Waals surface area contributed by atoms with Crippen LogP contribution in [0, 0.1) is 422 Å². The summed E-state index contributed by atoms with van der Waals surface area (Å²) >= 11 is 6.27. The van der Waals surface area contributed by atoms with E-state index in [0.29, 0.717) is 4.47 Å². The van der Waals surface area contributed by atoms with E-state index in [-0.39, 0.29) is 53.3 Å². The zero-order valence-electron chi connectivity index (χ0n) is 54.4. The number of alkyl halides is 3. The lowest BCUT2D eigenvalue weighted by atomic mass is 10.0. The summed E-state index contributed by atoms with van der Waals surface area (Å²) in [5, 5.41) is 0. The SMILES string of the molecule is C#CC#CC#CC#CC#CC#CC#CC#CC#CC#CC#CC#CC#CC#CC#CC#CC#CC#CC#CC#CC#CC#CC#CC#CC#CC#CC#CC#CC#CC#CC#CC#CC#CC#CC#CC.Cc1ccc(S(=O)(=O)N2CCOC23CCN(S(=O)(=O)c2ccc(C(F)(F)F)cc2Br)CC3)c(Br)c1. The predicted octanol–water partition coefficient (Wildman–Crippen LogP) is 5.50. The van der Waals surface area contributed by atoms with E-state index < -0.39 is 37.5 Å². The van der Waals surface area contributed by atoms with Crippen LogP contribution in [0.25, 0.3) is 0 Å². The number of rotatable bonds is 4. The minimum Gasteiger partial charge on any atom is -0.358 e. The first-order valence-corrected chi connectivity index (χ1v) is 32.7. The molecule has 0 atom stereocenters. The molecule has 0 bridgehead atoms. The Labute approximate surface area is 636 Å². The molecule has 0 unspecified atom stereocenters. The highest BCUT2D eigenvalue weighted by atomic mass is 79.9. The van der Waals surface area contributed by atoms with Gasteiger partial charge in [-0.2, -0.15) is 21.8 Å². The smallest absolute Gasteiger partial charge is 0.358 e. The summed E-state index contributed by atoms with van der Waals surface area (Å²) in [5.74, 6) is 172. The number of nitrogens with zero attached hydrogens (tertiary/aromatic N) is 2. The van der Waals surface area contributed by atoms with Crippen molar-refractivity contribution in [3.05, 3.63) is 56.5 Å². The molecule has 0 saturated carbocycles. The maximum atomic E-state index is 13.5. The van der Waals surface area contributed by atoms with E-state index in [0.717, 1.165) is 28.1 Å². The molecule has 0 aliphatic carbocycles. The molecular weight excluding hydrogens is 1490 g/mol. The number of aryl methyl sites for hydroxylation is 1. The normalized spacial score (nSPS) is 9.23. The number of halogens is 5. The van der Waals surface area contributed by atoms with Crippen molar-refractivity contribution in [2.24, 2.45) is 0 Å². The van der Waals surface area contributed by atoms with E-state index in [1.165, 1.54) is 10.4 Å². The molecular formula is C92H25Br2F3N2O5S2. The first-order chi connectivity index (χ1) is 51.6. The molecule has 0 radical (unpaired) electrons. The lowest BCUT2D eigenvalue weighted by Gasteiger charge is -2.42. The summed E-state index contributed by atoms with van der Waals surface area (Å²) in [6, 6.07) is 7.28. The minimum atomic E-state index is -4.61. The van der Waals surface area contributed by atoms with Gasteiger partial charge in [-0.15, -0.1) is 6.42 Å². The molecule has 2 aliphatic rings. The van der Waals surface area contributed by atoms with Gasteiger partial charge in [0.1, 0.15) is 5.72 Å². The summed E-state index contributed by atoms with van der Waals surface area (Å²) in [7, 11) is -8.07. The Morgan fingerprint density at radius 1 is 0.358 bits per heavy atom. The molecule has 14 heteroatoms. The Bertz CT molecular complexity index is 6740. The number of hydrogen-bond donors (Lipinski definition) is 0. The molecule has 2 heterocycles. The van der Waals surface area contributed by atoms with Crippen molar-refractivity contribution in [2.75, 3.05) is 26.2 Å². The standard InChI is InChI=1S/C71H4.C21H21Br2F3N2O5S2/c1-3-5-7-9-11-13-15-17-19-21-23-25-27-29-31-33-35-37-39-41-43-45-47-49-51-53-55-57-59-61-63-65-67-69-71-70-68-66-64-62-60-58-56-54-52-50-48-46-44-42-40-38-36-34-32-30-28-26-24-22-20-18-16-14-12-10-8-6-4-2;1-14-2-4-19(16(22)12-14)35(31,32)28-10-11-33-20(28)6-8-27(9-7-20)34(29,30)18-5-3-15(13-17(18)23)21(24,25)26/h1H,2H3;2-5,12-13H,6-11H2,1H3. The molecule has 2 aromatic carbocycles. The number of terminal acetylenes is 1. The highest BCUT2D eigenvalue weighted by molar-refractivity contribution is 9.10. The molecule has 0 aromatic heterocycles. The van der Waals surface area contributed by atoms with Crippen LogP contribution in [0.1, 0.15) is 30.9 Å². The first-order valence-electron chi connectivity index (χ1n) is 28.3. The van der Waals surface area contributed by atoms with Crippen molar-refractivity contribution in [3.8, 4) is 415 Å². The molecule has 2 saturated heterocycles. The second-order valence-electron chi connectivity index (χ2n) is 17.1. The lowest BCUT2D eigenvalue weighted by Crippen LogP contribution is -2.55. The summed E-state index contributed by atoms with van der Waals surface area (Å²) in [6.45, 7) is 3.70. The van der Waals surface area contributed by atoms with Crippen LogP contribution >= 0.6 is 31.9 Å². The van der Waals surface area contributed by atoms with Gasteiger partial charge in [-0.05, 0) is 176 Å². The van der Waals surface area contributed by atoms with E-state index in [2.05, 4.69) is 440 Å². The number of sulfonamides is 2. The summed E-state index contributed by atoms with van der Waals surface area (Å²) in [6.07, 6.45) is 0.492. The third-order valence-electron chi connectivity index (χ3n) is 10.5. The van der Waals surface area contributed by atoms with Crippen LogP contribution in [0.15, 0.2) is 55.1 Å². The second-order valence-corrected chi connectivity index (χ2v) is 22.6. The average Bonchev–Trinajstić information content (AvgIpc) is 1.47. The molecule has 2 fully saturated rings. The van der Waals surface area contributed by atoms with Gasteiger partial charge in [0.2, 0.25) is 20.0 Å². The van der Waals surface area contributed by atoms with Crippen molar-refractivity contribution in [2.45, 2.75) is 48.4 Å². The second kappa shape index (κ2) is 52.7. The van der Waals surface area contributed by atoms with Crippen molar-refractivity contribution < 1.29 is 34.7 Å². The highest BCUT2D eigenvalue weighted by Crippen LogP contribution is 2.42. The fourth-order valence-electron chi connectivity index (χ4n) is 6.49. The fraction of sp³-hybridized carbons (Fsp3) is 0.109. The van der Waals surface area contributed by atoms with Crippen molar-refractivity contribution in [1.82, 2.24) is 8.61 Å². The summed E-state index contributed by atoms with van der Waals surface area (Å²) < 4.78 is 101. The minimum absolute atomic E-state index is 0.0586. The van der Waals surface area contributed by atoms with Gasteiger partial charge in [0.05, 0.1) is 22.0 Å². The van der Waals surface area contributed by atoms with Crippen molar-refractivity contribution in [1.29, 1.82) is 0 Å². The monoisotopic (exact) mass is 1520 g/mol. The largest absolute Gasteiger partial charge is 0.416 e. The summed E-state index contributed by atoms with van der Waals surface area (Å²) in [4.78, 5) is -0.196. The fourth-order valence-corrected chi connectivity index (χ4v) is 11.8. The van der Waals surface area contributed by atoms with Crippen LogP contribution in [-0.2, 0) is 31.0 Å². The molecule has 4 rings (SSSR count). The molecule has 2 aliphatic heterocycles. The van der Waals surface area contributed by atoms with Crippen LogP contribution in [0.4, 0.5) is 13.2 Å². The third-order valence-corrected chi connectivity index (χ3v) is 16.3. The predicted molar refractivity (Wildman–Crippen MR) is 407 cm³/mol. The third kappa shape index (κ3) is 37.3. The Kier molecular flexibility index (Phi) is 41.6. The van der Waals surface area contributed by atoms with Gasteiger partial charge in [0.25, 0.3) is 0 Å². The van der Waals surface area contributed by atoms with Crippen molar-refractivity contribution in [3.63, 3.8) is 0 Å². The highest BCUT2D eigenvalue weighted by Gasteiger charge is 2.52. The molecule has 1 spiro atoms. The zero-order chi connectivity index (χ0) is 76.6. The van der Waals surface area contributed by atoms with Crippen LogP contribution < -0.4 is 0 Å². The molecule has 0 amide bonds. The van der Waals surface area contributed by atoms with Crippen LogP contribution in [-0.4, -0.2) is 57.4 Å². The van der Waals surface area contributed by atoms with Gasteiger partial charge in [0.15, 0.2) is 0 Å². The molecule has 7 nitrogen and oxygen atoms in total. The number of hydrogen-bond acceptors (Lipinski definition) is 5. The molecule has 2 aromatic rings. The Hall–Kier alpha value is -16.4. The maximum Gasteiger partial charge on any atom is 0.416 e. The van der Waals surface area contributed by atoms with E-state index >= 15 is 0 Å². The van der Waals surface area contributed by atoms with Crippen LogP contribution in [0.2, 0.25) is 0 Å². The molecule has 480 valence electrons. The zero-order valence-corrected chi connectivity index (χ0v) is 59.2. The number of benzene rings is 2. The maximum absolute atomic E-state index is 13.5. The quantitative estimate of drug-likeness (QED) is 0.379. The Balaban J connectivity index is 0.000000685. The Morgan fingerprint density at radius 3 is 0.830 bits per heavy atom. The Morgan fingerprint density at radius 2 is 0.594 bits per heavy atom. The topological polar surface area (TPSA) is 84.0 Å². The van der Waals surface area contributed by atoms with Crippen molar-refractivity contribution >= 4 is 51.9 Å². The number of ether oxygens (including phenoxy) is 1. The molecule has 0 N–H and O–H groups in total. The average molecular weight is 1520 g/mol.